The average Bonchev–Trinajstić information content (AvgIpc) is 3.57. The molecule has 10 rings (SSSR count). The van der Waals surface area contributed by atoms with Crippen molar-refractivity contribution in [3.63, 3.8) is 0 Å². The second-order valence-electron chi connectivity index (χ2n) is 13.1. The lowest BCUT2D eigenvalue weighted by Gasteiger charge is -2.37. The molecule has 5 heteroatoms. The van der Waals surface area contributed by atoms with Gasteiger partial charge in [-0.2, -0.15) is 0 Å². The van der Waals surface area contributed by atoms with Crippen molar-refractivity contribution >= 4 is 38.2 Å². The molecule has 0 saturated carbocycles. The molecule has 50 heavy (non-hydrogen) atoms. The Morgan fingerprint density at radius 1 is 0.660 bits per heavy atom. The highest BCUT2D eigenvalue weighted by Gasteiger charge is 2.38. The average molecular weight is 645 g/mol. The van der Waals surface area contributed by atoms with E-state index in [1.54, 1.807) is 0 Å². The van der Waals surface area contributed by atoms with Crippen LogP contribution in [0.5, 0.6) is 0 Å². The fourth-order valence-corrected chi connectivity index (χ4v) is 7.95. The highest BCUT2D eigenvalue weighted by atomic mass is 16.3. The zero-order chi connectivity index (χ0) is 33.2. The summed E-state index contributed by atoms with van der Waals surface area (Å²) in [5, 5.41) is 6.08. The van der Waals surface area contributed by atoms with Crippen LogP contribution in [0, 0.1) is 0 Å². The van der Waals surface area contributed by atoms with Gasteiger partial charge < -0.3 is 9.32 Å². The number of para-hydroxylation sites is 1. The second-order valence-corrected chi connectivity index (χ2v) is 13.1. The van der Waals surface area contributed by atoms with Crippen molar-refractivity contribution in [3.8, 4) is 34.1 Å². The third kappa shape index (κ3) is 4.43. The topological polar surface area (TPSA) is 55.1 Å². The van der Waals surface area contributed by atoms with Gasteiger partial charge in [0.25, 0.3) is 0 Å². The second kappa shape index (κ2) is 11.4. The summed E-state index contributed by atoms with van der Waals surface area (Å²) >= 11 is 0. The Kier molecular flexibility index (Phi) is 6.53. The van der Waals surface area contributed by atoms with E-state index in [-0.39, 0.29) is 12.0 Å². The molecule has 0 radical (unpaired) electrons. The molecule has 6 aromatic carbocycles. The molecule has 0 fully saturated rings. The van der Waals surface area contributed by atoms with Crippen LogP contribution in [0.4, 0.5) is 5.69 Å². The van der Waals surface area contributed by atoms with E-state index in [0.29, 0.717) is 11.6 Å². The first-order valence-corrected chi connectivity index (χ1v) is 17.2. The molecule has 5 nitrogen and oxygen atoms in total. The zero-order valence-corrected chi connectivity index (χ0v) is 27.5. The molecule has 0 N–H and O–H groups in total. The van der Waals surface area contributed by atoms with Gasteiger partial charge in [0.1, 0.15) is 17.2 Å². The van der Waals surface area contributed by atoms with Gasteiger partial charge in [0.05, 0.1) is 11.6 Å². The smallest absolute Gasteiger partial charge is 0.164 e. The molecule has 8 aromatic rings. The van der Waals surface area contributed by atoms with Crippen LogP contribution in [0.1, 0.15) is 35.3 Å². The number of nitrogens with zero attached hydrogens (tertiary/aromatic N) is 4. The maximum absolute atomic E-state index is 6.92. The maximum atomic E-state index is 6.92. The molecule has 2 atom stereocenters. The van der Waals surface area contributed by atoms with Crippen molar-refractivity contribution in [2.45, 2.75) is 18.4 Å². The fourth-order valence-electron chi connectivity index (χ4n) is 7.95. The molecule has 1 aliphatic heterocycles. The van der Waals surface area contributed by atoms with Gasteiger partial charge in [-0.3, -0.25) is 0 Å². The van der Waals surface area contributed by atoms with Crippen molar-refractivity contribution in [2.24, 2.45) is 0 Å². The maximum Gasteiger partial charge on any atom is 0.164 e. The number of allylic oxidation sites excluding steroid dienone is 4. The quantitative estimate of drug-likeness (QED) is 0.178. The molecule has 0 amide bonds. The van der Waals surface area contributed by atoms with Crippen LogP contribution in [0.2, 0.25) is 0 Å². The van der Waals surface area contributed by atoms with E-state index in [0.717, 1.165) is 56.9 Å². The molecule has 3 heterocycles. The molecule has 2 aliphatic rings. The number of hydrogen-bond acceptors (Lipinski definition) is 5. The van der Waals surface area contributed by atoms with E-state index in [1.165, 1.54) is 27.1 Å². The predicted molar refractivity (Wildman–Crippen MR) is 203 cm³/mol. The first-order valence-electron chi connectivity index (χ1n) is 17.2. The minimum atomic E-state index is -0.0983. The van der Waals surface area contributed by atoms with E-state index < -0.39 is 0 Å². The van der Waals surface area contributed by atoms with Gasteiger partial charge in [-0.25, -0.2) is 15.0 Å². The Morgan fingerprint density at radius 2 is 1.40 bits per heavy atom. The van der Waals surface area contributed by atoms with Crippen LogP contribution in [-0.2, 0) is 0 Å². The van der Waals surface area contributed by atoms with Gasteiger partial charge in [0.2, 0.25) is 0 Å². The molecule has 0 spiro atoms. The summed E-state index contributed by atoms with van der Waals surface area (Å²) in [5.41, 5.74) is 7.22. The van der Waals surface area contributed by atoms with Crippen molar-refractivity contribution < 1.29 is 4.42 Å². The lowest BCUT2D eigenvalue weighted by atomic mass is 9.83. The lowest BCUT2D eigenvalue weighted by molar-refractivity contribution is 0.615. The number of furan rings is 1. The number of rotatable bonds is 4. The van der Waals surface area contributed by atoms with Crippen LogP contribution >= 0.6 is 0 Å². The van der Waals surface area contributed by atoms with Crippen LogP contribution in [0.15, 0.2) is 156 Å². The molecular formula is C45H32N4O. The summed E-state index contributed by atoms with van der Waals surface area (Å²) in [6.45, 7) is 0. The monoisotopic (exact) mass is 644 g/mol. The molecule has 2 unspecified atom stereocenters. The summed E-state index contributed by atoms with van der Waals surface area (Å²) in [6, 6.07) is 44.8. The largest absolute Gasteiger partial charge is 0.456 e. The summed E-state index contributed by atoms with van der Waals surface area (Å²) in [6.07, 6.45) is 9.36. The van der Waals surface area contributed by atoms with Gasteiger partial charge in [-0.15, -0.1) is 0 Å². The van der Waals surface area contributed by atoms with Crippen molar-refractivity contribution in [1.29, 1.82) is 0 Å². The van der Waals surface area contributed by atoms with Gasteiger partial charge in [0.15, 0.2) is 11.6 Å². The third-order valence-corrected chi connectivity index (χ3v) is 10.3. The first kappa shape index (κ1) is 28.7. The van der Waals surface area contributed by atoms with Gasteiger partial charge in [-0.05, 0) is 51.7 Å². The van der Waals surface area contributed by atoms with Crippen LogP contribution in [0.3, 0.4) is 0 Å². The highest BCUT2D eigenvalue weighted by Crippen LogP contribution is 2.54. The molecule has 0 bridgehead atoms. The standard InChI is InChI=1S/C45H32N4O/c1-49-37-25-14-24-35(45-47-43(28-15-4-2-5-16-28)46-44(48-45)29-17-6-3-7-18-29)39(37)42-40(34-23-12-13-26-38(34)50-42)41(49)36-27-30-19-8-9-20-31(30)32-21-10-11-22-33(32)36/h2-17,19-27,29,41H,18H2,1H3. The van der Waals surface area contributed by atoms with Gasteiger partial charge in [-0.1, -0.05) is 133 Å². The Balaban J connectivity index is 1.24. The summed E-state index contributed by atoms with van der Waals surface area (Å²) in [7, 11) is 2.20. The van der Waals surface area contributed by atoms with Crippen LogP contribution in [-0.4, -0.2) is 22.0 Å². The van der Waals surface area contributed by atoms with Crippen LogP contribution < -0.4 is 4.90 Å². The van der Waals surface area contributed by atoms with E-state index in [2.05, 4.69) is 139 Å². The Hall–Kier alpha value is -6.33. The summed E-state index contributed by atoms with van der Waals surface area (Å²) in [4.78, 5) is 17.8. The SMILES string of the molecule is CN1c2cccc(-c3nc(-c4ccccc4)nc(C4C=CC=CC4)n3)c2-c2oc3ccccc3c2C1c1cc2ccccc2c2ccccc12. The van der Waals surface area contributed by atoms with Crippen molar-refractivity contribution in [2.75, 3.05) is 11.9 Å². The minimum absolute atomic E-state index is 0.0683. The number of hydrogen-bond donors (Lipinski definition) is 0. The minimum Gasteiger partial charge on any atom is -0.456 e. The number of fused-ring (bicyclic) bond motifs is 8. The van der Waals surface area contributed by atoms with E-state index >= 15 is 0 Å². The molecule has 0 saturated heterocycles. The predicted octanol–water partition coefficient (Wildman–Crippen LogP) is 11.1. The van der Waals surface area contributed by atoms with E-state index in [9.17, 15) is 0 Å². The van der Waals surface area contributed by atoms with Crippen LogP contribution in [0.25, 0.3) is 66.6 Å². The third-order valence-electron chi connectivity index (χ3n) is 10.3. The van der Waals surface area contributed by atoms with Crippen molar-refractivity contribution in [1.82, 2.24) is 15.0 Å². The van der Waals surface area contributed by atoms with E-state index in [4.69, 9.17) is 19.4 Å². The number of anilines is 1. The normalized spacial score (nSPS) is 16.6. The molecular weight excluding hydrogens is 613 g/mol. The zero-order valence-electron chi connectivity index (χ0n) is 27.5. The highest BCUT2D eigenvalue weighted by molar-refractivity contribution is 6.10. The van der Waals surface area contributed by atoms with E-state index in [1.807, 2.05) is 24.3 Å². The number of aromatic nitrogens is 3. The summed E-state index contributed by atoms with van der Waals surface area (Å²) in [5.74, 6) is 3.00. The fraction of sp³-hybridized carbons (Fsp3) is 0.0889. The molecule has 1 aliphatic carbocycles. The Bertz CT molecular complexity index is 2670. The summed E-state index contributed by atoms with van der Waals surface area (Å²) < 4.78 is 6.92. The molecule has 2 aromatic heterocycles. The number of benzene rings is 6. The van der Waals surface area contributed by atoms with Gasteiger partial charge >= 0.3 is 0 Å². The Labute approximate surface area is 289 Å². The van der Waals surface area contributed by atoms with Crippen molar-refractivity contribution in [3.05, 3.63) is 169 Å². The van der Waals surface area contributed by atoms with Gasteiger partial charge in [0, 0.05) is 40.7 Å². The lowest BCUT2D eigenvalue weighted by Crippen LogP contribution is -2.29. The first-order chi connectivity index (χ1) is 24.7. The Morgan fingerprint density at radius 3 is 2.24 bits per heavy atom. The molecule has 238 valence electrons.